The fourth-order valence-electron chi connectivity index (χ4n) is 2.96. The first kappa shape index (κ1) is 19.4. The number of fused-ring (bicyclic) bond motifs is 1. The average molecular weight is 390 g/mol. The van der Waals surface area contributed by atoms with Gasteiger partial charge in [0.15, 0.2) is 0 Å². The summed E-state index contributed by atoms with van der Waals surface area (Å²) < 4.78 is 0. The number of hydrogen-bond donors (Lipinski definition) is 2. The first-order chi connectivity index (χ1) is 11.0. The smallest absolute Gasteiger partial charge is 0.238 e. The largest absolute Gasteiger partial charge is 0.343 e. The predicted molar refractivity (Wildman–Crippen MR) is 100 cm³/mol. The van der Waals surface area contributed by atoms with Crippen LogP contribution >= 0.6 is 35.8 Å². The molecule has 2 amide bonds. The maximum atomic E-state index is 12.5. The van der Waals surface area contributed by atoms with Gasteiger partial charge in [-0.15, -0.1) is 24.2 Å². The van der Waals surface area contributed by atoms with E-state index in [1.54, 1.807) is 12.1 Å². The lowest BCUT2D eigenvalue weighted by Gasteiger charge is -2.33. The quantitative estimate of drug-likeness (QED) is 0.833. The van der Waals surface area contributed by atoms with Crippen molar-refractivity contribution >= 4 is 53.3 Å². The molecule has 1 aromatic rings. The summed E-state index contributed by atoms with van der Waals surface area (Å²) in [6, 6.07) is 5.69. The van der Waals surface area contributed by atoms with Crippen LogP contribution in [0.3, 0.4) is 0 Å². The highest BCUT2D eigenvalue weighted by Crippen LogP contribution is 2.38. The van der Waals surface area contributed by atoms with Gasteiger partial charge in [-0.2, -0.15) is 0 Å². The van der Waals surface area contributed by atoms with E-state index in [9.17, 15) is 9.59 Å². The highest BCUT2D eigenvalue weighted by Gasteiger charge is 2.31. The van der Waals surface area contributed by atoms with Crippen molar-refractivity contribution in [2.45, 2.75) is 35.4 Å². The molecule has 0 saturated carbocycles. The van der Waals surface area contributed by atoms with E-state index in [1.165, 1.54) is 11.8 Å². The minimum Gasteiger partial charge on any atom is -0.343 e. The Kier molecular flexibility index (Phi) is 6.80. The molecule has 0 aliphatic carbocycles. The van der Waals surface area contributed by atoms with Crippen molar-refractivity contribution in [1.29, 1.82) is 0 Å². The van der Waals surface area contributed by atoms with Crippen LogP contribution in [0.4, 0.5) is 5.69 Å². The molecule has 0 radical (unpaired) electrons. The van der Waals surface area contributed by atoms with Crippen LogP contribution in [0.25, 0.3) is 0 Å². The van der Waals surface area contributed by atoms with Crippen LogP contribution in [0.5, 0.6) is 0 Å². The number of piperidine rings is 1. The third-order valence-electron chi connectivity index (χ3n) is 4.37. The van der Waals surface area contributed by atoms with Crippen molar-refractivity contribution in [3.05, 3.63) is 23.2 Å². The lowest BCUT2D eigenvalue weighted by molar-refractivity contribution is -0.133. The molecule has 5 nitrogen and oxygen atoms in total. The third-order valence-corrected chi connectivity index (χ3v) is 5.88. The average Bonchev–Trinajstić information content (AvgIpc) is 2.55. The Balaban J connectivity index is 0.00000208. The van der Waals surface area contributed by atoms with E-state index >= 15 is 0 Å². The molecule has 3 rings (SSSR count). The molecule has 132 valence electrons. The zero-order valence-corrected chi connectivity index (χ0v) is 15.8. The van der Waals surface area contributed by atoms with E-state index in [2.05, 4.69) is 10.6 Å². The summed E-state index contributed by atoms with van der Waals surface area (Å²) in [5.74, 6) is -0.0983. The number of rotatable bonds is 3. The zero-order valence-electron chi connectivity index (χ0n) is 13.4. The van der Waals surface area contributed by atoms with E-state index in [4.69, 9.17) is 11.6 Å². The normalized spacial score (nSPS) is 20.6. The topological polar surface area (TPSA) is 61.4 Å². The van der Waals surface area contributed by atoms with E-state index in [1.807, 2.05) is 18.0 Å². The lowest BCUT2D eigenvalue weighted by atomic mass is 10.0. The van der Waals surface area contributed by atoms with Crippen molar-refractivity contribution in [3.63, 3.8) is 0 Å². The van der Waals surface area contributed by atoms with Crippen LogP contribution in [0.1, 0.15) is 19.3 Å². The molecular formula is C16H21Cl2N3O2S. The molecular weight excluding hydrogens is 369 g/mol. The van der Waals surface area contributed by atoms with Gasteiger partial charge in [-0.3, -0.25) is 9.59 Å². The second-order valence-electron chi connectivity index (χ2n) is 5.93. The number of amides is 2. The summed E-state index contributed by atoms with van der Waals surface area (Å²) in [7, 11) is 1.84. The number of halogens is 2. The van der Waals surface area contributed by atoms with Gasteiger partial charge in [0.2, 0.25) is 11.8 Å². The number of carbonyl (C=O) groups is 2. The Morgan fingerprint density at radius 2 is 2.08 bits per heavy atom. The summed E-state index contributed by atoms with van der Waals surface area (Å²) in [6.07, 6.45) is 2.15. The van der Waals surface area contributed by atoms with Crippen molar-refractivity contribution in [1.82, 2.24) is 10.2 Å². The van der Waals surface area contributed by atoms with Gasteiger partial charge in [-0.25, -0.2) is 0 Å². The first-order valence-corrected chi connectivity index (χ1v) is 9.04. The number of carbonyl (C=O) groups excluding carboxylic acids is 2. The molecule has 1 atom stereocenters. The van der Waals surface area contributed by atoms with Gasteiger partial charge in [0, 0.05) is 29.4 Å². The minimum atomic E-state index is -0.389. The number of hydrogen-bond acceptors (Lipinski definition) is 4. The number of nitrogens with one attached hydrogen (secondary N) is 2. The fraction of sp³-hybridized carbons (Fsp3) is 0.500. The molecule has 1 saturated heterocycles. The van der Waals surface area contributed by atoms with Crippen LogP contribution < -0.4 is 10.6 Å². The van der Waals surface area contributed by atoms with Gasteiger partial charge in [-0.1, -0.05) is 11.6 Å². The van der Waals surface area contributed by atoms with Crippen molar-refractivity contribution in [2.75, 3.05) is 25.5 Å². The lowest BCUT2D eigenvalue weighted by Crippen LogP contribution is -2.45. The standard InChI is InChI=1S/C16H20ClN3O2S.ClH/c1-20(11-4-6-18-7-5-11)15(21)9-14-16(22)19-12-8-10(17)2-3-13(12)23-14;/h2-3,8,11,14,18H,4-7,9H2,1H3,(H,19,22);1H. The van der Waals surface area contributed by atoms with E-state index in [0.717, 1.165) is 36.5 Å². The highest BCUT2D eigenvalue weighted by atomic mass is 35.5. The van der Waals surface area contributed by atoms with E-state index in [0.29, 0.717) is 5.02 Å². The second kappa shape index (κ2) is 8.43. The van der Waals surface area contributed by atoms with Crippen LogP contribution in [0.2, 0.25) is 5.02 Å². The van der Waals surface area contributed by atoms with Crippen molar-refractivity contribution < 1.29 is 9.59 Å². The SMILES string of the molecule is CN(C(=O)CC1Sc2ccc(Cl)cc2NC1=O)C1CCNCC1.Cl. The summed E-state index contributed by atoms with van der Waals surface area (Å²) in [4.78, 5) is 27.5. The van der Waals surface area contributed by atoms with Gasteiger partial charge < -0.3 is 15.5 Å². The molecule has 0 aromatic heterocycles. The predicted octanol–water partition coefficient (Wildman–Crippen LogP) is 2.78. The molecule has 1 aromatic carbocycles. The number of benzene rings is 1. The van der Waals surface area contributed by atoms with Gasteiger partial charge in [0.25, 0.3) is 0 Å². The molecule has 2 aliphatic heterocycles. The Morgan fingerprint density at radius 3 is 2.79 bits per heavy atom. The summed E-state index contributed by atoms with van der Waals surface area (Å²) in [5, 5.41) is 6.34. The van der Waals surface area contributed by atoms with Crippen molar-refractivity contribution in [3.8, 4) is 0 Å². The van der Waals surface area contributed by atoms with Crippen LogP contribution in [0.15, 0.2) is 23.1 Å². The van der Waals surface area contributed by atoms with Crippen LogP contribution in [-0.4, -0.2) is 48.1 Å². The molecule has 2 heterocycles. The van der Waals surface area contributed by atoms with Gasteiger partial charge >= 0.3 is 0 Å². The van der Waals surface area contributed by atoms with Crippen LogP contribution in [0, 0.1) is 0 Å². The fourth-order valence-corrected chi connectivity index (χ4v) is 4.21. The highest BCUT2D eigenvalue weighted by molar-refractivity contribution is 8.01. The maximum Gasteiger partial charge on any atom is 0.238 e. The van der Waals surface area contributed by atoms with Gasteiger partial charge in [-0.05, 0) is 44.1 Å². The van der Waals surface area contributed by atoms with Crippen molar-refractivity contribution in [2.24, 2.45) is 0 Å². The second-order valence-corrected chi connectivity index (χ2v) is 7.61. The van der Waals surface area contributed by atoms with Crippen LogP contribution in [-0.2, 0) is 9.59 Å². The zero-order chi connectivity index (χ0) is 16.4. The minimum absolute atomic E-state index is 0. The first-order valence-electron chi connectivity index (χ1n) is 7.78. The number of nitrogens with zero attached hydrogens (tertiary/aromatic N) is 1. The molecule has 2 N–H and O–H groups in total. The van der Waals surface area contributed by atoms with Gasteiger partial charge in [0.05, 0.1) is 10.9 Å². The summed E-state index contributed by atoms with van der Waals surface area (Å²) in [5.41, 5.74) is 0.725. The molecule has 0 bridgehead atoms. The molecule has 1 fully saturated rings. The number of anilines is 1. The molecule has 0 spiro atoms. The van der Waals surface area contributed by atoms with Gasteiger partial charge in [0.1, 0.15) is 0 Å². The molecule has 2 aliphatic rings. The monoisotopic (exact) mass is 389 g/mol. The maximum absolute atomic E-state index is 12.5. The number of thioether (sulfide) groups is 1. The third kappa shape index (κ3) is 4.36. The Bertz CT molecular complexity index is 623. The van der Waals surface area contributed by atoms with E-state index in [-0.39, 0.29) is 41.9 Å². The molecule has 24 heavy (non-hydrogen) atoms. The molecule has 8 heteroatoms. The molecule has 1 unspecified atom stereocenters. The Morgan fingerprint density at radius 1 is 1.38 bits per heavy atom. The Labute approximate surface area is 157 Å². The Hall–Kier alpha value is -0.950. The summed E-state index contributed by atoms with van der Waals surface area (Å²) in [6.45, 7) is 1.88. The van der Waals surface area contributed by atoms with E-state index < -0.39 is 0 Å². The summed E-state index contributed by atoms with van der Waals surface area (Å²) >= 11 is 7.38.